The van der Waals surface area contributed by atoms with Gasteiger partial charge in [0.1, 0.15) is 5.01 Å². The van der Waals surface area contributed by atoms with Crippen molar-refractivity contribution in [3.05, 3.63) is 22.7 Å². The molecule has 6 heteroatoms. The number of rotatable bonds is 1. The lowest BCUT2D eigenvalue weighted by Crippen LogP contribution is -1.92. The first-order valence-corrected chi connectivity index (χ1v) is 5.41. The molecule has 0 saturated heterocycles. The molecular formula is C9H5ClN2O2S. The van der Waals surface area contributed by atoms with Gasteiger partial charge in [0.2, 0.25) is 11.3 Å². The van der Waals surface area contributed by atoms with Crippen LogP contribution in [-0.2, 0) is 0 Å². The SMILES string of the molecule is Clc1nnc(-c2ccc3c(c2)OCO3)s1. The van der Waals surface area contributed by atoms with Crippen molar-refractivity contribution in [2.45, 2.75) is 0 Å². The molecule has 0 spiro atoms. The number of aromatic nitrogens is 2. The van der Waals surface area contributed by atoms with E-state index in [4.69, 9.17) is 21.1 Å². The summed E-state index contributed by atoms with van der Waals surface area (Å²) in [6, 6.07) is 5.64. The Morgan fingerprint density at radius 1 is 1.20 bits per heavy atom. The fourth-order valence-electron chi connectivity index (χ4n) is 1.35. The Labute approximate surface area is 94.4 Å². The van der Waals surface area contributed by atoms with Crippen molar-refractivity contribution in [1.29, 1.82) is 0 Å². The van der Waals surface area contributed by atoms with Crippen LogP contribution in [0.1, 0.15) is 0 Å². The third-order valence-corrected chi connectivity index (χ3v) is 3.09. The average Bonchev–Trinajstić information content (AvgIpc) is 2.84. The van der Waals surface area contributed by atoms with E-state index < -0.39 is 0 Å². The molecule has 4 nitrogen and oxygen atoms in total. The summed E-state index contributed by atoms with van der Waals surface area (Å²) in [4.78, 5) is 0. The van der Waals surface area contributed by atoms with E-state index >= 15 is 0 Å². The fraction of sp³-hybridized carbons (Fsp3) is 0.111. The average molecular weight is 241 g/mol. The van der Waals surface area contributed by atoms with Crippen molar-refractivity contribution >= 4 is 22.9 Å². The number of nitrogens with zero attached hydrogens (tertiary/aromatic N) is 2. The minimum atomic E-state index is 0.273. The zero-order valence-corrected chi connectivity index (χ0v) is 9.01. The largest absolute Gasteiger partial charge is 0.454 e. The minimum Gasteiger partial charge on any atom is -0.454 e. The molecule has 0 aliphatic carbocycles. The van der Waals surface area contributed by atoms with Gasteiger partial charge in [-0.15, -0.1) is 10.2 Å². The Balaban J connectivity index is 2.06. The van der Waals surface area contributed by atoms with Gasteiger partial charge in [-0.25, -0.2) is 0 Å². The van der Waals surface area contributed by atoms with E-state index in [1.54, 1.807) is 0 Å². The smallest absolute Gasteiger partial charge is 0.231 e. The first-order chi connectivity index (χ1) is 7.33. The van der Waals surface area contributed by atoms with Crippen LogP contribution in [0, 0.1) is 0 Å². The molecule has 1 aliphatic heterocycles. The molecule has 2 heterocycles. The van der Waals surface area contributed by atoms with Gasteiger partial charge in [-0.3, -0.25) is 0 Å². The highest BCUT2D eigenvalue weighted by atomic mass is 35.5. The zero-order valence-electron chi connectivity index (χ0n) is 7.44. The Morgan fingerprint density at radius 3 is 2.87 bits per heavy atom. The molecule has 0 N–H and O–H groups in total. The van der Waals surface area contributed by atoms with Crippen LogP contribution in [0.4, 0.5) is 0 Å². The molecule has 0 radical (unpaired) electrons. The molecule has 15 heavy (non-hydrogen) atoms. The van der Waals surface area contributed by atoms with Crippen LogP contribution < -0.4 is 9.47 Å². The molecule has 0 bridgehead atoms. The van der Waals surface area contributed by atoms with E-state index in [-0.39, 0.29) is 6.79 Å². The number of fused-ring (bicyclic) bond motifs is 1. The molecule has 1 aromatic carbocycles. The molecule has 2 aromatic rings. The van der Waals surface area contributed by atoms with Gasteiger partial charge in [-0.05, 0) is 29.8 Å². The summed E-state index contributed by atoms with van der Waals surface area (Å²) < 4.78 is 10.9. The Hall–Kier alpha value is -1.33. The summed E-state index contributed by atoms with van der Waals surface area (Å²) in [5.41, 5.74) is 0.934. The lowest BCUT2D eigenvalue weighted by molar-refractivity contribution is 0.174. The summed E-state index contributed by atoms with van der Waals surface area (Å²) in [5, 5.41) is 8.48. The number of ether oxygens (including phenoxy) is 2. The van der Waals surface area contributed by atoms with Gasteiger partial charge in [0.25, 0.3) is 0 Å². The third-order valence-electron chi connectivity index (χ3n) is 2.02. The summed E-state index contributed by atoms with van der Waals surface area (Å²) >= 11 is 7.05. The normalized spacial score (nSPS) is 13.1. The van der Waals surface area contributed by atoms with Gasteiger partial charge < -0.3 is 9.47 Å². The van der Waals surface area contributed by atoms with Crippen LogP contribution in [0.5, 0.6) is 11.5 Å². The maximum absolute atomic E-state index is 5.72. The van der Waals surface area contributed by atoms with E-state index in [1.807, 2.05) is 18.2 Å². The molecular weight excluding hydrogens is 236 g/mol. The summed E-state index contributed by atoms with van der Waals surface area (Å²) in [6.45, 7) is 0.273. The van der Waals surface area contributed by atoms with E-state index in [0.717, 1.165) is 22.1 Å². The molecule has 1 aliphatic rings. The lowest BCUT2D eigenvalue weighted by Gasteiger charge is -1.97. The van der Waals surface area contributed by atoms with Crippen LogP contribution in [0.25, 0.3) is 10.6 Å². The quantitative estimate of drug-likeness (QED) is 0.769. The van der Waals surface area contributed by atoms with Crippen molar-refractivity contribution in [3.8, 4) is 22.1 Å². The van der Waals surface area contributed by atoms with Gasteiger partial charge >= 0.3 is 0 Å². The first kappa shape index (κ1) is 8.94. The van der Waals surface area contributed by atoms with Crippen LogP contribution in [-0.4, -0.2) is 17.0 Å². The van der Waals surface area contributed by atoms with E-state index in [9.17, 15) is 0 Å². The van der Waals surface area contributed by atoms with Crippen molar-refractivity contribution < 1.29 is 9.47 Å². The molecule has 0 unspecified atom stereocenters. The summed E-state index contributed by atoms with van der Waals surface area (Å²) in [5.74, 6) is 1.49. The molecule has 0 atom stereocenters. The van der Waals surface area contributed by atoms with Crippen molar-refractivity contribution in [2.75, 3.05) is 6.79 Å². The number of benzene rings is 1. The first-order valence-electron chi connectivity index (χ1n) is 4.22. The maximum Gasteiger partial charge on any atom is 0.231 e. The highest BCUT2D eigenvalue weighted by Crippen LogP contribution is 2.36. The lowest BCUT2D eigenvalue weighted by atomic mass is 10.2. The molecule has 1 aromatic heterocycles. The Morgan fingerprint density at radius 2 is 2.07 bits per heavy atom. The van der Waals surface area contributed by atoms with Gasteiger partial charge in [0.15, 0.2) is 11.5 Å². The third kappa shape index (κ3) is 1.53. The van der Waals surface area contributed by atoms with Crippen LogP contribution in [0.15, 0.2) is 18.2 Å². The van der Waals surface area contributed by atoms with Gasteiger partial charge in [0, 0.05) is 5.56 Å². The standard InChI is InChI=1S/C9H5ClN2O2S/c10-9-12-11-8(15-9)5-1-2-6-7(3-5)14-4-13-6/h1-3H,4H2. The fourth-order valence-corrected chi connectivity index (χ4v) is 2.18. The summed E-state index contributed by atoms with van der Waals surface area (Å²) in [7, 11) is 0. The van der Waals surface area contributed by atoms with Crippen molar-refractivity contribution in [3.63, 3.8) is 0 Å². The molecule has 76 valence electrons. The number of hydrogen-bond donors (Lipinski definition) is 0. The van der Waals surface area contributed by atoms with Gasteiger partial charge in [-0.1, -0.05) is 11.3 Å². The van der Waals surface area contributed by atoms with Crippen molar-refractivity contribution in [1.82, 2.24) is 10.2 Å². The van der Waals surface area contributed by atoms with Crippen LogP contribution in [0.3, 0.4) is 0 Å². The van der Waals surface area contributed by atoms with Gasteiger partial charge in [0.05, 0.1) is 0 Å². The van der Waals surface area contributed by atoms with Crippen molar-refractivity contribution in [2.24, 2.45) is 0 Å². The van der Waals surface area contributed by atoms with E-state index in [1.165, 1.54) is 11.3 Å². The summed E-state index contributed by atoms with van der Waals surface area (Å²) in [6.07, 6.45) is 0. The second-order valence-corrected chi connectivity index (χ2v) is 4.49. The minimum absolute atomic E-state index is 0.273. The molecule has 0 amide bonds. The predicted octanol–water partition coefficient (Wildman–Crippen LogP) is 2.59. The predicted molar refractivity (Wildman–Crippen MR) is 56.5 cm³/mol. The topological polar surface area (TPSA) is 44.2 Å². The van der Waals surface area contributed by atoms with E-state index in [2.05, 4.69) is 10.2 Å². The highest BCUT2D eigenvalue weighted by Gasteiger charge is 2.15. The molecule has 0 saturated carbocycles. The number of hydrogen-bond acceptors (Lipinski definition) is 5. The number of halogens is 1. The Bertz CT molecular complexity index is 515. The van der Waals surface area contributed by atoms with E-state index in [0.29, 0.717) is 4.47 Å². The second kappa shape index (κ2) is 3.36. The monoisotopic (exact) mass is 240 g/mol. The molecule has 3 rings (SSSR count). The Kier molecular flexibility index (Phi) is 2.00. The second-order valence-electron chi connectivity index (χ2n) is 2.93. The highest BCUT2D eigenvalue weighted by molar-refractivity contribution is 7.18. The molecule has 0 fully saturated rings. The van der Waals surface area contributed by atoms with Gasteiger partial charge in [-0.2, -0.15) is 0 Å². The van der Waals surface area contributed by atoms with Crippen LogP contribution >= 0.6 is 22.9 Å². The zero-order chi connectivity index (χ0) is 10.3. The van der Waals surface area contributed by atoms with Crippen LogP contribution in [0.2, 0.25) is 4.47 Å². The maximum atomic E-state index is 5.72.